The fraction of sp³-hybridized carbons (Fsp3) is 0.417. The second-order valence-electron chi connectivity index (χ2n) is 3.44. The Kier molecular flexibility index (Phi) is 4.14. The first-order chi connectivity index (χ1) is 7.21. The summed E-state index contributed by atoms with van der Waals surface area (Å²) >= 11 is 0. The number of nitriles is 1. The highest BCUT2D eigenvalue weighted by Gasteiger charge is 2.05. The summed E-state index contributed by atoms with van der Waals surface area (Å²) in [6, 6.07) is 7.53. The van der Waals surface area contributed by atoms with Crippen molar-refractivity contribution in [2.24, 2.45) is 5.73 Å². The van der Waals surface area contributed by atoms with Gasteiger partial charge in [0, 0.05) is 6.42 Å². The molecule has 1 unspecified atom stereocenters. The van der Waals surface area contributed by atoms with Crippen LogP contribution in [-0.4, -0.2) is 13.2 Å². The maximum Gasteiger partial charge on any atom is 0.122 e. The number of methoxy groups -OCH3 is 1. The number of nitrogens with two attached hydrogens (primary N) is 1. The third kappa shape index (κ3) is 2.97. The molecule has 15 heavy (non-hydrogen) atoms. The van der Waals surface area contributed by atoms with Gasteiger partial charge in [-0.1, -0.05) is 19.1 Å². The molecule has 0 heterocycles. The number of hydrogen-bond acceptors (Lipinski definition) is 3. The highest BCUT2D eigenvalue weighted by atomic mass is 16.5. The summed E-state index contributed by atoms with van der Waals surface area (Å²) in [4.78, 5) is 0. The zero-order chi connectivity index (χ0) is 11.3. The van der Waals surface area contributed by atoms with Crippen LogP contribution < -0.4 is 10.5 Å². The summed E-state index contributed by atoms with van der Waals surface area (Å²) in [6.45, 7) is 2.08. The van der Waals surface area contributed by atoms with Crippen LogP contribution in [-0.2, 0) is 12.8 Å². The van der Waals surface area contributed by atoms with E-state index in [1.54, 1.807) is 7.11 Å². The highest BCUT2D eigenvalue weighted by molar-refractivity contribution is 5.37. The smallest absolute Gasteiger partial charge is 0.122 e. The van der Waals surface area contributed by atoms with Crippen molar-refractivity contribution in [1.29, 1.82) is 5.26 Å². The SMILES string of the molecule is CCc1cc(CC(N)C#N)ccc1OC. The Balaban J connectivity index is 2.89. The molecule has 0 saturated heterocycles. The van der Waals surface area contributed by atoms with Crippen LogP contribution >= 0.6 is 0 Å². The van der Waals surface area contributed by atoms with Crippen molar-refractivity contribution in [1.82, 2.24) is 0 Å². The second kappa shape index (κ2) is 5.38. The Labute approximate surface area is 90.5 Å². The molecule has 0 aromatic heterocycles. The van der Waals surface area contributed by atoms with Crippen LogP contribution in [0.1, 0.15) is 18.1 Å². The molecule has 2 N–H and O–H groups in total. The van der Waals surface area contributed by atoms with Gasteiger partial charge < -0.3 is 10.5 Å². The number of nitrogens with zero attached hydrogens (tertiary/aromatic N) is 1. The lowest BCUT2D eigenvalue weighted by Gasteiger charge is -2.09. The van der Waals surface area contributed by atoms with E-state index in [0.29, 0.717) is 6.42 Å². The summed E-state index contributed by atoms with van der Waals surface area (Å²) in [5.74, 6) is 0.895. The van der Waals surface area contributed by atoms with Gasteiger partial charge in [-0.25, -0.2) is 0 Å². The quantitative estimate of drug-likeness (QED) is 0.811. The standard InChI is InChI=1S/C12H16N2O/c1-3-10-6-9(7-11(14)8-13)4-5-12(10)15-2/h4-6,11H,3,7,14H2,1-2H3. The molecule has 1 aromatic rings. The van der Waals surface area contributed by atoms with Crippen molar-refractivity contribution < 1.29 is 4.74 Å². The fourth-order valence-corrected chi connectivity index (χ4v) is 1.53. The van der Waals surface area contributed by atoms with Crippen molar-refractivity contribution in [3.05, 3.63) is 29.3 Å². The van der Waals surface area contributed by atoms with Gasteiger partial charge in [0.25, 0.3) is 0 Å². The van der Waals surface area contributed by atoms with Gasteiger partial charge in [-0.05, 0) is 23.6 Å². The van der Waals surface area contributed by atoms with E-state index in [0.717, 1.165) is 23.3 Å². The Hall–Kier alpha value is -1.53. The van der Waals surface area contributed by atoms with E-state index in [9.17, 15) is 0 Å². The largest absolute Gasteiger partial charge is 0.496 e. The molecule has 0 spiro atoms. The summed E-state index contributed by atoms with van der Waals surface area (Å²) in [5, 5.41) is 8.62. The van der Waals surface area contributed by atoms with E-state index in [1.165, 1.54) is 0 Å². The molecule has 3 heteroatoms. The van der Waals surface area contributed by atoms with Crippen LogP contribution in [0.2, 0.25) is 0 Å². The minimum atomic E-state index is -0.428. The van der Waals surface area contributed by atoms with Gasteiger partial charge in [0.1, 0.15) is 5.75 Å². The van der Waals surface area contributed by atoms with E-state index in [-0.39, 0.29) is 0 Å². The number of rotatable bonds is 4. The zero-order valence-corrected chi connectivity index (χ0v) is 9.16. The van der Waals surface area contributed by atoms with Gasteiger partial charge in [-0.2, -0.15) is 5.26 Å². The Morgan fingerprint density at radius 3 is 2.80 bits per heavy atom. The molecule has 0 fully saturated rings. The number of benzene rings is 1. The minimum absolute atomic E-state index is 0.428. The lowest BCUT2D eigenvalue weighted by Crippen LogP contribution is -2.20. The molecule has 0 radical (unpaired) electrons. The maximum atomic E-state index is 8.62. The predicted octanol–water partition coefficient (Wildman–Crippen LogP) is 1.65. The summed E-state index contributed by atoms with van der Waals surface area (Å²) in [5.41, 5.74) is 7.81. The van der Waals surface area contributed by atoms with Gasteiger partial charge >= 0.3 is 0 Å². The molecule has 1 aromatic carbocycles. The number of aryl methyl sites for hydroxylation is 1. The third-order valence-corrected chi connectivity index (χ3v) is 2.35. The van der Waals surface area contributed by atoms with Crippen LogP contribution in [0.15, 0.2) is 18.2 Å². The number of ether oxygens (including phenoxy) is 1. The Morgan fingerprint density at radius 1 is 1.53 bits per heavy atom. The molecule has 0 aliphatic carbocycles. The van der Waals surface area contributed by atoms with Gasteiger partial charge in [0.05, 0.1) is 19.2 Å². The molecule has 0 aliphatic heterocycles. The van der Waals surface area contributed by atoms with Crippen LogP contribution in [0.5, 0.6) is 5.75 Å². The number of hydrogen-bond donors (Lipinski definition) is 1. The molecular formula is C12H16N2O. The third-order valence-electron chi connectivity index (χ3n) is 2.35. The minimum Gasteiger partial charge on any atom is -0.496 e. The normalized spacial score (nSPS) is 11.9. The molecule has 80 valence electrons. The van der Waals surface area contributed by atoms with Crippen molar-refractivity contribution in [3.8, 4) is 11.8 Å². The molecule has 0 aliphatic rings. The molecule has 1 atom stereocenters. The van der Waals surface area contributed by atoms with Crippen molar-refractivity contribution >= 4 is 0 Å². The topological polar surface area (TPSA) is 59.0 Å². The molecule has 0 amide bonds. The van der Waals surface area contributed by atoms with Crippen LogP contribution in [0, 0.1) is 11.3 Å². The fourth-order valence-electron chi connectivity index (χ4n) is 1.53. The van der Waals surface area contributed by atoms with Crippen molar-refractivity contribution in [2.75, 3.05) is 7.11 Å². The molecule has 3 nitrogen and oxygen atoms in total. The van der Waals surface area contributed by atoms with E-state index in [1.807, 2.05) is 18.2 Å². The monoisotopic (exact) mass is 204 g/mol. The van der Waals surface area contributed by atoms with E-state index < -0.39 is 6.04 Å². The average Bonchev–Trinajstić information content (AvgIpc) is 2.28. The maximum absolute atomic E-state index is 8.62. The summed E-state index contributed by atoms with van der Waals surface area (Å²) in [7, 11) is 1.66. The van der Waals surface area contributed by atoms with Gasteiger partial charge in [0.2, 0.25) is 0 Å². The van der Waals surface area contributed by atoms with Crippen molar-refractivity contribution in [3.63, 3.8) is 0 Å². The Morgan fingerprint density at radius 2 is 2.27 bits per heavy atom. The molecule has 1 rings (SSSR count). The van der Waals surface area contributed by atoms with Crippen LogP contribution in [0.4, 0.5) is 0 Å². The lowest BCUT2D eigenvalue weighted by atomic mass is 10.0. The molecule has 0 bridgehead atoms. The zero-order valence-electron chi connectivity index (χ0n) is 9.16. The molecule has 0 saturated carbocycles. The summed E-state index contributed by atoms with van der Waals surface area (Å²) in [6.07, 6.45) is 1.51. The molecular weight excluding hydrogens is 188 g/mol. The van der Waals surface area contributed by atoms with Gasteiger partial charge in [-0.3, -0.25) is 0 Å². The predicted molar refractivity (Wildman–Crippen MR) is 59.7 cm³/mol. The van der Waals surface area contributed by atoms with Gasteiger partial charge in [-0.15, -0.1) is 0 Å². The van der Waals surface area contributed by atoms with Crippen LogP contribution in [0.3, 0.4) is 0 Å². The summed E-state index contributed by atoms with van der Waals surface area (Å²) < 4.78 is 5.23. The van der Waals surface area contributed by atoms with E-state index in [4.69, 9.17) is 15.7 Å². The second-order valence-corrected chi connectivity index (χ2v) is 3.44. The Bertz CT molecular complexity index is 368. The van der Waals surface area contributed by atoms with Crippen LogP contribution in [0.25, 0.3) is 0 Å². The van der Waals surface area contributed by atoms with E-state index >= 15 is 0 Å². The van der Waals surface area contributed by atoms with Gasteiger partial charge in [0.15, 0.2) is 0 Å². The highest BCUT2D eigenvalue weighted by Crippen LogP contribution is 2.20. The first kappa shape index (κ1) is 11.5. The first-order valence-corrected chi connectivity index (χ1v) is 5.02. The lowest BCUT2D eigenvalue weighted by molar-refractivity contribution is 0.410. The van der Waals surface area contributed by atoms with Crippen molar-refractivity contribution in [2.45, 2.75) is 25.8 Å². The van der Waals surface area contributed by atoms with E-state index in [2.05, 4.69) is 13.0 Å². The average molecular weight is 204 g/mol. The first-order valence-electron chi connectivity index (χ1n) is 5.02.